The molecule has 0 aliphatic carbocycles. The van der Waals surface area contributed by atoms with E-state index in [1.54, 1.807) is 36.3 Å². The third-order valence-corrected chi connectivity index (χ3v) is 7.80. The third kappa shape index (κ3) is 7.35. The predicted octanol–water partition coefficient (Wildman–Crippen LogP) is 3.01. The average molecular weight is 498 g/mol. The van der Waals surface area contributed by atoms with Crippen LogP contribution in [0.3, 0.4) is 0 Å². The molecule has 0 aliphatic heterocycles. The van der Waals surface area contributed by atoms with Crippen molar-refractivity contribution in [3.8, 4) is 5.75 Å². The van der Waals surface area contributed by atoms with Gasteiger partial charge in [-0.3, -0.25) is 4.98 Å². The second-order valence-corrected chi connectivity index (χ2v) is 11.2. The quantitative estimate of drug-likeness (QED) is 0.270. The van der Waals surface area contributed by atoms with Crippen LogP contribution in [0.4, 0.5) is 5.69 Å². The summed E-state index contributed by atoms with van der Waals surface area (Å²) in [5.41, 5.74) is 2.00. The van der Waals surface area contributed by atoms with Crippen molar-refractivity contribution in [3.63, 3.8) is 0 Å². The molecule has 11 heteroatoms. The Kier molecular flexibility index (Phi) is 8.96. The fourth-order valence-corrected chi connectivity index (χ4v) is 5.32. The van der Waals surface area contributed by atoms with Crippen molar-refractivity contribution in [2.24, 2.45) is 0 Å². The van der Waals surface area contributed by atoms with Gasteiger partial charge >= 0.3 is 88.4 Å². The summed E-state index contributed by atoms with van der Waals surface area (Å²) in [5, 5.41) is 10.7. The van der Waals surface area contributed by atoms with E-state index < -0.39 is 14.2 Å². The Morgan fingerprint density at radius 2 is 1.90 bits per heavy atom. The third-order valence-electron chi connectivity index (χ3n) is 3.32. The van der Waals surface area contributed by atoms with E-state index in [4.69, 9.17) is 9.99 Å². The monoisotopic (exact) mass is 498 g/mol. The first-order valence-electron chi connectivity index (χ1n) is 8.09. The minimum absolute atomic E-state index is 0.103. The maximum absolute atomic E-state index is 11.4. The van der Waals surface area contributed by atoms with Crippen molar-refractivity contribution in [1.29, 1.82) is 0 Å². The summed E-state index contributed by atoms with van der Waals surface area (Å²) >= 11 is -1.56. The van der Waals surface area contributed by atoms with Gasteiger partial charge < -0.3 is 4.74 Å². The number of hydrogen-bond donors (Lipinski definition) is 3. The number of carbonyl (C=O) groups is 1. The number of methoxy groups -OCH3 is 1. The van der Waals surface area contributed by atoms with Gasteiger partial charge in [-0.1, -0.05) is 11.8 Å². The smallest absolute Gasteiger partial charge is 0.118 e. The van der Waals surface area contributed by atoms with Gasteiger partial charge in [-0.15, -0.1) is 11.3 Å². The normalized spacial score (nSPS) is 12.3. The topological polar surface area (TPSA) is 118 Å². The van der Waals surface area contributed by atoms with Crippen molar-refractivity contribution >= 4 is 53.2 Å². The maximum atomic E-state index is 11.4. The maximum Gasteiger partial charge on any atom is 0.118 e. The fourth-order valence-electron chi connectivity index (χ4n) is 2.07. The molecular formula is C18H19AsN2O6S2. The van der Waals surface area contributed by atoms with Crippen molar-refractivity contribution in [2.45, 2.75) is 16.0 Å². The van der Waals surface area contributed by atoms with Crippen LogP contribution in [0.25, 0.3) is 0 Å². The molecule has 0 fully saturated rings. The van der Waals surface area contributed by atoms with Crippen LogP contribution in [0.15, 0.2) is 69.3 Å². The van der Waals surface area contributed by atoms with Crippen LogP contribution in [0.5, 0.6) is 5.75 Å². The summed E-state index contributed by atoms with van der Waals surface area (Å²) in [4.78, 5) is 16.0. The zero-order valence-corrected chi connectivity index (χ0v) is 19.0. The van der Waals surface area contributed by atoms with Crippen molar-refractivity contribution in [3.05, 3.63) is 60.2 Å². The first kappa shape index (κ1) is 23.2. The number of aromatic nitrogens is 1. The van der Waals surface area contributed by atoms with Crippen molar-refractivity contribution in [2.75, 3.05) is 12.4 Å². The van der Waals surface area contributed by atoms with Gasteiger partial charge in [0, 0.05) is 4.90 Å². The number of thiazole rings is 1. The van der Waals surface area contributed by atoms with Crippen LogP contribution in [-0.2, 0) is 12.4 Å². The standard InChI is InChI=1S/C10H9NOS2.C8H10AsNO5/c1-12-8-2-4-9(5-3-8)14-10-6-11-7-13-10;1-6(11)10-8-5-3-2-4-7(8)9(12,13)15-14/h2-7H,1H3;2-5,14H,1H3,(H,10,11)(H,12,13). The first-order valence-corrected chi connectivity index (χ1v) is 13.1. The van der Waals surface area contributed by atoms with Crippen LogP contribution < -0.4 is 14.4 Å². The minimum Gasteiger partial charge on any atom is -0.497 e. The molecule has 3 N–H and O–H groups in total. The Hall–Kier alpha value is -2.07. The second-order valence-electron chi connectivity index (χ2n) is 5.40. The summed E-state index contributed by atoms with van der Waals surface area (Å²) in [6.07, 6.45) is 1.87. The molecule has 0 spiro atoms. The largest absolute Gasteiger partial charge is 0.497 e. The SMILES string of the molecule is CC(=O)Nc1ccccc1[As](=O)(O)OO.COc1ccc(Sc2cncs2)cc1. The molecule has 154 valence electrons. The van der Waals surface area contributed by atoms with Crippen molar-refractivity contribution in [1.82, 2.24) is 4.98 Å². The molecule has 0 saturated carbocycles. The molecule has 0 radical (unpaired) electrons. The number of nitrogens with zero attached hydrogens (tertiary/aromatic N) is 1. The van der Waals surface area contributed by atoms with Crippen LogP contribution in [0.1, 0.15) is 6.92 Å². The van der Waals surface area contributed by atoms with Crippen LogP contribution >= 0.6 is 23.1 Å². The van der Waals surface area contributed by atoms with Gasteiger partial charge in [-0.2, -0.15) is 0 Å². The number of anilines is 1. The predicted molar refractivity (Wildman–Crippen MR) is 112 cm³/mol. The molecule has 29 heavy (non-hydrogen) atoms. The molecule has 8 nitrogen and oxygen atoms in total. The summed E-state index contributed by atoms with van der Waals surface area (Å²) in [5.74, 6) is 0.509. The zero-order chi connectivity index (χ0) is 21.3. The molecule has 1 amide bonds. The molecular weight excluding hydrogens is 479 g/mol. The van der Waals surface area contributed by atoms with Crippen LogP contribution in [0.2, 0.25) is 0 Å². The molecule has 2 aromatic carbocycles. The van der Waals surface area contributed by atoms with Gasteiger partial charge in [0.25, 0.3) is 0 Å². The van der Waals surface area contributed by atoms with Crippen molar-refractivity contribution < 1.29 is 26.5 Å². The Balaban J connectivity index is 0.000000207. The van der Waals surface area contributed by atoms with Gasteiger partial charge in [0.05, 0.1) is 23.0 Å². The summed E-state index contributed by atoms with van der Waals surface area (Å²) in [6.45, 7) is 1.27. The van der Waals surface area contributed by atoms with Crippen LogP contribution in [-0.4, -0.2) is 41.5 Å². The van der Waals surface area contributed by atoms with Gasteiger partial charge in [0.1, 0.15) is 5.75 Å². The van der Waals surface area contributed by atoms with E-state index in [-0.39, 0.29) is 15.9 Å². The molecule has 3 rings (SSSR count). The molecule has 0 bridgehead atoms. The van der Waals surface area contributed by atoms with E-state index in [0.717, 1.165) is 5.75 Å². The summed E-state index contributed by atoms with van der Waals surface area (Å²) < 4.78 is 30.4. The first-order chi connectivity index (χ1) is 13.9. The molecule has 1 atom stereocenters. The fraction of sp³-hybridized carbons (Fsp3) is 0.111. The Labute approximate surface area is 178 Å². The van der Waals surface area contributed by atoms with E-state index in [1.165, 1.54) is 34.2 Å². The molecule has 1 heterocycles. The number of benzene rings is 2. The van der Waals surface area contributed by atoms with E-state index in [0.29, 0.717) is 0 Å². The molecule has 0 aliphatic rings. The van der Waals surface area contributed by atoms with E-state index in [2.05, 4.69) is 14.2 Å². The van der Waals surface area contributed by atoms with E-state index >= 15 is 0 Å². The molecule has 1 aromatic heterocycles. The van der Waals surface area contributed by atoms with Gasteiger partial charge in [0.15, 0.2) is 0 Å². The Bertz CT molecular complexity index is 967. The summed E-state index contributed by atoms with van der Waals surface area (Å²) in [6, 6.07) is 13.9. The number of amides is 1. The number of para-hydroxylation sites is 1. The van der Waals surface area contributed by atoms with E-state index in [9.17, 15) is 12.6 Å². The number of hydrogen-bond acceptors (Lipinski definition) is 8. The minimum atomic E-state index is -4.92. The zero-order valence-electron chi connectivity index (χ0n) is 15.5. The molecule has 1 unspecified atom stereocenters. The van der Waals surface area contributed by atoms with E-state index in [1.807, 2.05) is 36.0 Å². The summed E-state index contributed by atoms with van der Waals surface area (Å²) in [7, 11) is 1.67. The molecule has 0 saturated heterocycles. The number of ether oxygens (including phenoxy) is 1. The van der Waals surface area contributed by atoms with Gasteiger partial charge in [-0.05, 0) is 24.3 Å². The number of carbonyl (C=O) groups excluding carboxylic acids is 1. The second kappa shape index (κ2) is 11.2. The Morgan fingerprint density at radius 1 is 1.21 bits per heavy atom. The van der Waals surface area contributed by atoms with Crippen LogP contribution in [0, 0.1) is 0 Å². The van der Waals surface area contributed by atoms with Gasteiger partial charge in [-0.25, -0.2) is 0 Å². The molecule has 3 aromatic rings. The Morgan fingerprint density at radius 3 is 2.45 bits per heavy atom. The van der Waals surface area contributed by atoms with Gasteiger partial charge in [0.2, 0.25) is 0 Å². The average Bonchev–Trinajstić information content (AvgIpc) is 3.22. The number of rotatable bonds is 6. The number of nitrogens with one attached hydrogen (secondary N) is 1.